The number of carbonyl (C=O) groups excluding carboxylic acids is 1. The van der Waals surface area contributed by atoms with Crippen molar-refractivity contribution >= 4 is 23.2 Å². The Kier molecular flexibility index (Phi) is 5.05. The number of anilines is 1. The van der Waals surface area contributed by atoms with Crippen molar-refractivity contribution in [2.24, 2.45) is 0 Å². The zero-order chi connectivity index (χ0) is 20.4. The minimum absolute atomic E-state index is 0.279. The summed E-state index contributed by atoms with van der Waals surface area (Å²) in [5, 5.41) is 2.90. The molecule has 4 aromatic rings. The molecule has 5 nitrogen and oxygen atoms in total. The number of rotatable bonds is 4. The number of hydrogen-bond acceptors (Lipinski definition) is 4. The Labute approximate surface area is 169 Å². The second-order valence-electron chi connectivity index (χ2n) is 6.01. The van der Waals surface area contributed by atoms with Gasteiger partial charge in [-0.15, -0.1) is 0 Å². The largest absolute Gasteiger partial charge is 0.445 e. The van der Waals surface area contributed by atoms with Gasteiger partial charge in [-0.2, -0.15) is 0 Å². The van der Waals surface area contributed by atoms with Gasteiger partial charge in [-0.1, -0.05) is 17.7 Å². The van der Waals surface area contributed by atoms with E-state index >= 15 is 0 Å². The summed E-state index contributed by atoms with van der Waals surface area (Å²) < 4.78 is 32.8. The molecule has 0 radical (unpaired) electrons. The molecule has 0 spiro atoms. The number of carbonyl (C=O) groups is 1. The van der Waals surface area contributed by atoms with E-state index in [4.69, 9.17) is 16.0 Å². The van der Waals surface area contributed by atoms with E-state index in [-0.39, 0.29) is 5.69 Å². The molecule has 2 aromatic heterocycles. The third-order valence-corrected chi connectivity index (χ3v) is 4.46. The first-order valence-electron chi connectivity index (χ1n) is 8.44. The molecule has 0 atom stereocenters. The summed E-state index contributed by atoms with van der Waals surface area (Å²) in [7, 11) is 0. The molecule has 2 aromatic carbocycles. The maximum absolute atomic E-state index is 13.7. The van der Waals surface area contributed by atoms with Gasteiger partial charge in [-0.25, -0.2) is 13.8 Å². The molecule has 0 saturated heterocycles. The van der Waals surface area contributed by atoms with Crippen LogP contribution in [0.15, 0.2) is 71.6 Å². The Hall–Kier alpha value is -3.58. The third-order valence-electron chi connectivity index (χ3n) is 4.13. The van der Waals surface area contributed by atoms with Crippen LogP contribution >= 0.6 is 11.6 Å². The molecule has 2 heterocycles. The van der Waals surface area contributed by atoms with E-state index in [1.54, 1.807) is 30.3 Å². The van der Waals surface area contributed by atoms with E-state index < -0.39 is 23.1 Å². The number of amides is 1. The number of nitrogens with one attached hydrogen (secondary N) is 1. The van der Waals surface area contributed by atoms with Gasteiger partial charge in [0.15, 0.2) is 0 Å². The van der Waals surface area contributed by atoms with Crippen molar-refractivity contribution in [3.05, 3.63) is 89.4 Å². The summed E-state index contributed by atoms with van der Waals surface area (Å²) in [5.74, 6) is -2.35. The fourth-order valence-corrected chi connectivity index (χ4v) is 2.97. The zero-order valence-corrected chi connectivity index (χ0v) is 15.5. The Balaban J connectivity index is 1.59. The van der Waals surface area contributed by atoms with Crippen molar-refractivity contribution in [2.75, 3.05) is 5.32 Å². The Morgan fingerprint density at radius 3 is 2.48 bits per heavy atom. The first-order valence-corrected chi connectivity index (χ1v) is 8.82. The maximum Gasteiger partial charge on any atom is 0.261 e. The van der Waals surface area contributed by atoms with Gasteiger partial charge >= 0.3 is 0 Å². The second-order valence-corrected chi connectivity index (χ2v) is 6.42. The van der Waals surface area contributed by atoms with Crippen LogP contribution in [0.2, 0.25) is 5.02 Å². The highest BCUT2D eigenvalue weighted by molar-refractivity contribution is 6.33. The summed E-state index contributed by atoms with van der Waals surface area (Å²) in [6, 6.07) is 11.7. The fourth-order valence-electron chi connectivity index (χ4n) is 2.76. The van der Waals surface area contributed by atoms with Crippen LogP contribution in [0, 0.1) is 11.6 Å². The van der Waals surface area contributed by atoms with Crippen molar-refractivity contribution in [1.29, 1.82) is 0 Å². The molecule has 0 aliphatic carbocycles. The molecular formula is C21H12ClF2N3O2. The van der Waals surface area contributed by atoms with Crippen LogP contribution in [-0.2, 0) is 0 Å². The molecule has 8 heteroatoms. The molecular weight excluding hydrogens is 400 g/mol. The van der Waals surface area contributed by atoms with E-state index in [1.807, 2.05) is 0 Å². The molecule has 1 N–H and O–H groups in total. The number of oxazole rings is 1. The fraction of sp³-hybridized carbons (Fsp3) is 0. The number of hydrogen-bond donors (Lipinski definition) is 1. The average Bonchev–Trinajstić information content (AvgIpc) is 3.24. The van der Waals surface area contributed by atoms with Crippen molar-refractivity contribution in [2.45, 2.75) is 0 Å². The SMILES string of the molecule is O=C(Nc1ccc(-c2cc(-c3ncco3)ccc2Cl)nc1)c1c(F)cccc1F. The molecule has 0 fully saturated rings. The molecule has 0 bridgehead atoms. The van der Waals surface area contributed by atoms with Gasteiger partial charge in [-0.05, 0) is 42.5 Å². The number of nitrogens with zero attached hydrogens (tertiary/aromatic N) is 2. The number of benzene rings is 2. The molecule has 4 rings (SSSR count). The summed E-state index contributed by atoms with van der Waals surface area (Å²) in [5.41, 5.74) is 1.53. The molecule has 0 aliphatic heterocycles. The molecule has 0 unspecified atom stereocenters. The first kappa shape index (κ1) is 18.8. The smallest absolute Gasteiger partial charge is 0.261 e. The predicted octanol–water partition coefficient (Wildman–Crippen LogP) is 5.59. The molecule has 0 saturated carbocycles. The third kappa shape index (κ3) is 3.86. The van der Waals surface area contributed by atoms with Gasteiger partial charge in [0, 0.05) is 11.1 Å². The zero-order valence-electron chi connectivity index (χ0n) is 14.7. The molecule has 1 amide bonds. The molecule has 29 heavy (non-hydrogen) atoms. The maximum atomic E-state index is 13.7. The van der Waals surface area contributed by atoms with Crippen molar-refractivity contribution in [1.82, 2.24) is 9.97 Å². The van der Waals surface area contributed by atoms with Crippen molar-refractivity contribution < 1.29 is 18.0 Å². The van der Waals surface area contributed by atoms with Gasteiger partial charge in [0.25, 0.3) is 5.91 Å². The average molecular weight is 412 g/mol. The lowest BCUT2D eigenvalue weighted by molar-refractivity contribution is 0.101. The van der Waals surface area contributed by atoms with Crippen LogP contribution in [-0.4, -0.2) is 15.9 Å². The minimum atomic E-state index is -0.942. The summed E-state index contributed by atoms with van der Waals surface area (Å²) in [6.45, 7) is 0. The normalized spacial score (nSPS) is 10.7. The van der Waals surface area contributed by atoms with Crippen LogP contribution in [0.4, 0.5) is 14.5 Å². The van der Waals surface area contributed by atoms with Crippen molar-refractivity contribution in [3.63, 3.8) is 0 Å². The topological polar surface area (TPSA) is 68.0 Å². The van der Waals surface area contributed by atoms with E-state index in [0.717, 1.165) is 17.7 Å². The van der Waals surface area contributed by atoms with Crippen LogP contribution in [0.3, 0.4) is 0 Å². The van der Waals surface area contributed by atoms with Gasteiger partial charge in [0.2, 0.25) is 5.89 Å². The second kappa shape index (κ2) is 7.81. The summed E-state index contributed by atoms with van der Waals surface area (Å²) in [4.78, 5) is 20.6. The van der Waals surface area contributed by atoms with E-state index in [1.165, 1.54) is 24.7 Å². The van der Waals surface area contributed by atoms with Gasteiger partial charge in [0.05, 0.1) is 28.8 Å². The lowest BCUT2D eigenvalue weighted by Crippen LogP contribution is -2.15. The Morgan fingerprint density at radius 1 is 1.03 bits per heavy atom. The van der Waals surface area contributed by atoms with E-state index in [0.29, 0.717) is 22.2 Å². The van der Waals surface area contributed by atoms with Crippen LogP contribution in [0.25, 0.3) is 22.7 Å². The number of pyridine rings is 1. The highest BCUT2D eigenvalue weighted by Crippen LogP contribution is 2.31. The Bertz CT molecular complexity index is 1160. The van der Waals surface area contributed by atoms with Crippen LogP contribution < -0.4 is 5.32 Å². The molecule has 0 aliphatic rings. The predicted molar refractivity (Wildman–Crippen MR) is 104 cm³/mol. The van der Waals surface area contributed by atoms with Gasteiger partial charge in [-0.3, -0.25) is 9.78 Å². The highest BCUT2D eigenvalue weighted by atomic mass is 35.5. The lowest BCUT2D eigenvalue weighted by atomic mass is 10.1. The highest BCUT2D eigenvalue weighted by Gasteiger charge is 2.17. The standard InChI is InChI=1S/C21H12ClF2N3O2/c22-15-6-4-12(21-25-8-9-29-21)10-14(15)18-7-5-13(11-26-18)27-20(28)19-16(23)2-1-3-17(19)24/h1-11H,(H,27,28). The van der Waals surface area contributed by atoms with E-state index in [2.05, 4.69) is 15.3 Å². The summed E-state index contributed by atoms with van der Waals surface area (Å²) in [6.07, 6.45) is 4.38. The quantitative estimate of drug-likeness (QED) is 0.475. The lowest BCUT2D eigenvalue weighted by Gasteiger charge is -2.09. The van der Waals surface area contributed by atoms with Gasteiger partial charge < -0.3 is 9.73 Å². The van der Waals surface area contributed by atoms with Gasteiger partial charge in [0.1, 0.15) is 23.5 Å². The minimum Gasteiger partial charge on any atom is -0.445 e. The van der Waals surface area contributed by atoms with Crippen molar-refractivity contribution in [3.8, 4) is 22.7 Å². The Morgan fingerprint density at radius 2 is 1.83 bits per heavy atom. The number of halogens is 3. The summed E-state index contributed by atoms with van der Waals surface area (Å²) >= 11 is 6.29. The number of aromatic nitrogens is 2. The van der Waals surface area contributed by atoms with Crippen LogP contribution in [0.5, 0.6) is 0 Å². The first-order chi connectivity index (χ1) is 14.0. The van der Waals surface area contributed by atoms with Crippen LogP contribution in [0.1, 0.15) is 10.4 Å². The van der Waals surface area contributed by atoms with E-state index in [9.17, 15) is 13.6 Å². The molecule has 144 valence electrons. The monoisotopic (exact) mass is 411 g/mol.